The summed E-state index contributed by atoms with van der Waals surface area (Å²) in [6.07, 6.45) is 5.40. The summed E-state index contributed by atoms with van der Waals surface area (Å²) in [4.78, 5) is 8.65. The van der Waals surface area contributed by atoms with E-state index in [9.17, 15) is 0 Å². The summed E-state index contributed by atoms with van der Waals surface area (Å²) in [6.45, 7) is 2.77. The van der Waals surface area contributed by atoms with Gasteiger partial charge in [0.25, 0.3) is 0 Å². The fourth-order valence-electron chi connectivity index (χ4n) is 2.51. The number of guanidine groups is 1. The molecule has 0 fully saturated rings. The Balaban J connectivity index is 0.00000243. The molecule has 2 aromatic heterocycles. The third-order valence-electron chi connectivity index (χ3n) is 3.89. The Labute approximate surface area is 170 Å². The van der Waals surface area contributed by atoms with E-state index in [1.54, 1.807) is 24.1 Å². The van der Waals surface area contributed by atoms with Gasteiger partial charge in [-0.15, -0.1) is 24.0 Å². The Morgan fingerprint density at radius 3 is 2.65 bits per heavy atom. The lowest BCUT2D eigenvalue weighted by Crippen LogP contribution is -2.38. The number of aromatic nitrogens is 3. The number of aliphatic imine (C=N–C) groups is 1. The minimum atomic E-state index is 0. The molecule has 3 aromatic rings. The van der Waals surface area contributed by atoms with Gasteiger partial charge in [0.1, 0.15) is 0 Å². The van der Waals surface area contributed by atoms with Gasteiger partial charge in [-0.1, -0.05) is 30.3 Å². The molecule has 0 aliphatic rings. The first-order chi connectivity index (χ1) is 12.3. The Kier molecular flexibility index (Phi) is 7.58. The fourth-order valence-corrected chi connectivity index (χ4v) is 2.51. The van der Waals surface area contributed by atoms with Crippen molar-refractivity contribution in [3.63, 3.8) is 0 Å². The fraction of sp³-hybridized carbons (Fsp3) is 0.211. The van der Waals surface area contributed by atoms with Crippen molar-refractivity contribution >= 4 is 29.9 Å². The van der Waals surface area contributed by atoms with E-state index in [2.05, 4.69) is 44.8 Å². The zero-order valence-electron chi connectivity index (χ0n) is 14.8. The van der Waals surface area contributed by atoms with Crippen LogP contribution < -0.4 is 10.6 Å². The van der Waals surface area contributed by atoms with E-state index in [-0.39, 0.29) is 30.0 Å². The molecular weight excluding hydrogens is 439 g/mol. The van der Waals surface area contributed by atoms with Crippen LogP contribution in [0.15, 0.2) is 72.1 Å². The predicted octanol–water partition coefficient (Wildman–Crippen LogP) is 3.31. The van der Waals surface area contributed by atoms with Crippen LogP contribution in [0.25, 0.3) is 5.82 Å². The summed E-state index contributed by atoms with van der Waals surface area (Å²) in [5, 5.41) is 11.0. The quantitative estimate of drug-likeness (QED) is 0.347. The highest BCUT2D eigenvalue weighted by atomic mass is 127. The Bertz CT molecular complexity index is 817. The zero-order valence-corrected chi connectivity index (χ0v) is 17.2. The molecule has 3 rings (SSSR count). The molecule has 7 heteroatoms. The molecule has 0 radical (unpaired) electrons. The molecular formula is C19H23IN6. The van der Waals surface area contributed by atoms with Crippen molar-refractivity contribution < 1.29 is 0 Å². The normalized spacial score (nSPS) is 12.2. The number of nitrogens with zero attached hydrogens (tertiary/aromatic N) is 4. The maximum absolute atomic E-state index is 4.34. The van der Waals surface area contributed by atoms with Crippen molar-refractivity contribution in [2.75, 3.05) is 7.05 Å². The SMILES string of the molecule is CN=C(NCc1ccnc(-n2cccn2)c1)NC(C)c1ccccc1.I. The molecule has 0 spiro atoms. The number of nitrogens with one attached hydrogen (secondary N) is 2. The van der Waals surface area contributed by atoms with Crippen LogP contribution in [0.2, 0.25) is 0 Å². The highest BCUT2D eigenvalue weighted by Crippen LogP contribution is 2.11. The van der Waals surface area contributed by atoms with Gasteiger partial charge < -0.3 is 10.6 Å². The van der Waals surface area contributed by atoms with Gasteiger partial charge in [-0.25, -0.2) is 9.67 Å². The standard InChI is InChI=1S/C19H22N6.HI/c1-15(17-7-4-3-5-8-17)24-19(20-2)22-14-16-9-11-21-18(13-16)25-12-6-10-23-25;/h3-13,15H,14H2,1-2H3,(H2,20,22,24);1H. The molecule has 0 saturated heterocycles. The van der Waals surface area contributed by atoms with Crippen LogP contribution in [0.3, 0.4) is 0 Å². The molecule has 0 amide bonds. The van der Waals surface area contributed by atoms with Gasteiger partial charge in [0.15, 0.2) is 11.8 Å². The van der Waals surface area contributed by atoms with E-state index < -0.39 is 0 Å². The van der Waals surface area contributed by atoms with E-state index >= 15 is 0 Å². The highest BCUT2D eigenvalue weighted by molar-refractivity contribution is 14.0. The molecule has 2 N–H and O–H groups in total. The van der Waals surface area contributed by atoms with Crippen molar-refractivity contribution in [2.45, 2.75) is 19.5 Å². The van der Waals surface area contributed by atoms with Crippen LogP contribution in [-0.4, -0.2) is 27.8 Å². The van der Waals surface area contributed by atoms with Crippen molar-refractivity contribution in [3.05, 3.63) is 78.2 Å². The second kappa shape index (κ2) is 9.91. The van der Waals surface area contributed by atoms with Gasteiger partial charge in [0.05, 0.1) is 6.04 Å². The first-order valence-electron chi connectivity index (χ1n) is 8.23. The van der Waals surface area contributed by atoms with Crippen molar-refractivity contribution in [1.82, 2.24) is 25.4 Å². The first-order valence-corrected chi connectivity index (χ1v) is 8.23. The number of hydrogen-bond donors (Lipinski definition) is 2. The van der Waals surface area contributed by atoms with Crippen LogP contribution in [-0.2, 0) is 6.54 Å². The summed E-state index contributed by atoms with van der Waals surface area (Å²) in [6, 6.07) is 16.3. The average molecular weight is 462 g/mol. The largest absolute Gasteiger partial charge is 0.352 e. The highest BCUT2D eigenvalue weighted by Gasteiger charge is 2.07. The Hall–Kier alpha value is -2.42. The van der Waals surface area contributed by atoms with Crippen LogP contribution in [0.4, 0.5) is 0 Å². The smallest absolute Gasteiger partial charge is 0.191 e. The molecule has 6 nitrogen and oxygen atoms in total. The first kappa shape index (κ1) is 19.9. The van der Waals surface area contributed by atoms with Gasteiger partial charge in [0, 0.05) is 32.2 Å². The van der Waals surface area contributed by atoms with E-state index in [1.807, 2.05) is 42.6 Å². The van der Waals surface area contributed by atoms with Gasteiger partial charge in [0.2, 0.25) is 0 Å². The van der Waals surface area contributed by atoms with Crippen LogP contribution in [0, 0.1) is 0 Å². The van der Waals surface area contributed by atoms with Gasteiger partial charge in [-0.2, -0.15) is 5.10 Å². The molecule has 1 aromatic carbocycles. The molecule has 2 heterocycles. The van der Waals surface area contributed by atoms with Gasteiger partial charge in [-0.3, -0.25) is 4.99 Å². The van der Waals surface area contributed by atoms with E-state index in [4.69, 9.17) is 0 Å². The zero-order chi connectivity index (χ0) is 17.5. The second-order valence-corrected chi connectivity index (χ2v) is 5.68. The summed E-state index contributed by atoms with van der Waals surface area (Å²) in [5.41, 5.74) is 2.33. The molecule has 1 atom stereocenters. The van der Waals surface area contributed by atoms with Crippen molar-refractivity contribution in [3.8, 4) is 5.82 Å². The number of hydrogen-bond acceptors (Lipinski definition) is 3. The average Bonchev–Trinajstić information content (AvgIpc) is 3.21. The Morgan fingerprint density at radius 1 is 1.15 bits per heavy atom. The van der Waals surface area contributed by atoms with Crippen LogP contribution in [0.1, 0.15) is 24.1 Å². The maximum atomic E-state index is 4.34. The lowest BCUT2D eigenvalue weighted by Gasteiger charge is -2.18. The topological polar surface area (TPSA) is 67.1 Å². The predicted molar refractivity (Wildman–Crippen MR) is 115 cm³/mol. The van der Waals surface area contributed by atoms with Gasteiger partial charge >= 0.3 is 0 Å². The number of halogens is 1. The molecule has 1 unspecified atom stereocenters. The third-order valence-corrected chi connectivity index (χ3v) is 3.89. The van der Waals surface area contributed by atoms with E-state index in [0.717, 1.165) is 17.3 Å². The lowest BCUT2D eigenvalue weighted by molar-refractivity contribution is 0.685. The molecule has 0 aliphatic carbocycles. The molecule has 0 aliphatic heterocycles. The number of pyridine rings is 1. The number of benzene rings is 1. The summed E-state index contributed by atoms with van der Waals surface area (Å²) >= 11 is 0. The summed E-state index contributed by atoms with van der Waals surface area (Å²) < 4.78 is 1.74. The number of rotatable bonds is 5. The Morgan fingerprint density at radius 2 is 1.96 bits per heavy atom. The lowest BCUT2D eigenvalue weighted by atomic mass is 10.1. The van der Waals surface area contributed by atoms with Crippen LogP contribution >= 0.6 is 24.0 Å². The van der Waals surface area contributed by atoms with Gasteiger partial charge in [-0.05, 0) is 36.2 Å². The van der Waals surface area contributed by atoms with Crippen LogP contribution in [0.5, 0.6) is 0 Å². The molecule has 26 heavy (non-hydrogen) atoms. The summed E-state index contributed by atoms with van der Waals surface area (Å²) in [5.74, 6) is 1.55. The molecule has 0 bridgehead atoms. The van der Waals surface area contributed by atoms with Crippen molar-refractivity contribution in [2.24, 2.45) is 4.99 Å². The summed E-state index contributed by atoms with van der Waals surface area (Å²) in [7, 11) is 1.77. The third kappa shape index (κ3) is 5.29. The monoisotopic (exact) mass is 462 g/mol. The molecule has 0 saturated carbocycles. The minimum absolute atomic E-state index is 0. The van der Waals surface area contributed by atoms with E-state index in [1.165, 1.54) is 5.56 Å². The van der Waals surface area contributed by atoms with Crippen molar-refractivity contribution in [1.29, 1.82) is 0 Å². The molecule has 136 valence electrons. The second-order valence-electron chi connectivity index (χ2n) is 5.68. The van der Waals surface area contributed by atoms with E-state index in [0.29, 0.717) is 6.54 Å². The minimum Gasteiger partial charge on any atom is -0.352 e. The maximum Gasteiger partial charge on any atom is 0.191 e.